The maximum absolute atomic E-state index is 13.7. The lowest BCUT2D eigenvalue weighted by molar-refractivity contribution is -0.134. The second-order valence-electron chi connectivity index (χ2n) is 10.0. The number of hydrogen-bond acceptors (Lipinski definition) is 5. The predicted octanol–water partition coefficient (Wildman–Crippen LogP) is 4.21. The number of likely N-dealkylation sites (tertiary alicyclic amines) is 1. The summed E-state index contributed by atoms with van der Waals surface area (Å²) in [4.78, 5) is 48.5. The van der Waals surface area contributed by atoms with E-state index in [9.17, 15) is 14.4 Å². The van der Waals surface area contributed by atoms with Crippen LogP contribution >= 0.6 is 11.3 Å². The van der Waals surface area contributed by atoms with E-state index in [0.717, 1.165) is 49.1 Å². The smallest absolute Gasteiger partial charge is 0.325 e. The average Bonchev–Trinajstić information content (AvgIpc) is 3.42. The Kier molecular flexibility index (Phi) is 6.91. The van der Waals surface area contributed by atoms with Crippen molar-refractivity contribution in [3.63, 3.8) is 0 Å². The zero-order valence-corrected chi connectivity index (χ0v) is 21.2. The summed E-state index contributed by atoms with van der Waals surface area (Å²) >= 11 is 1.59. The zero-order chi connectivity index (χ0) is 24.4. The number of urea groups is 1. The number of carbonyl (C=O) groups excluding carboxylic acids is 3. The van der Waals surface area contributed by atoms with Crippen LogP contribution in [0.5, 0.6) is 0 Å². The van der Waals surface area contributed by atoms with Crippen LogP contribution < -0.4 is 5.32 Å². The highest BCUT2D eigenvalue weighted by Crippen LogP contribution is 2.38. The van der Waals surface area contributed by atoms with Crippen molar-refractivity contribution in [2.45, 2.75) is 70.3 Å². The number of nitrogens with zero attached hydrogens (tertiary/aromatic N) is 3. The first-order valence-electron chi connectivity index (χ1n) is 13.0. The monoisotopic (exact) mass is 494 g/mol. The topological polar surface area (TPSA) is 82.6 Å². The van der Waals surface area contributed by atoms with Gasteiger partial charge >= 0.3 is 6.03 Å². The summed E-state index contributed by atoms with van der Waals surface area (Å²) in [5.74, 6) is 0.0531. The van der Waals surface area contributed by atoms with Gasteiger partial charge < -0.3 is 10.2 Å². The molecule has 0 saturated carbocycles. The van der Waals surface area contributed by atoms with Gasteiger partial charge in [0.25, 0.3) is 11.8 Å². The first kappa shape index (κ1) is 24.0. The van der Waals surface area contributed by atoms with Gasteiger partial charge in [-0.05, 0) is 79.5 Å². The van der Waals surface area contributed by atoms with Crippen molar-refractivity contribution < 1.29 is 14.4 Å². The van der Waals surface area contributed by atoms with Crippen LogP contribution in [0.15, 0.2) is 29.8 Å². The van der Waals surface area contributed by atoms with E-state index in [1.165, 1.54) is 22.4 Å². The van der Waals surface area contributed by atoms with Gasteiger partial charge in [0.05, 0.1) is 4.88 Å². The van der Waals surface area contributed by atoms with Gasteiger partial charge in [-0.1, -0.05) is 19.4 Å². The van der Waals surface area contributed by atoms with Gasteiger partial charge in [-0.2, -0.15) is 0 Å². The molecule has 2 aromatic heterocycles. The number of rotatable bonds is 7. The van der Waals surface area contributed by atoms with E-state index in [1.807, 2.05) is 23.1 Å². The summed E-state index contributed by atoms with van der Waals surface area (Å²) in [6.07, 6.45) is 9.59. The first-order chi connectivity index (χ1) is 17.0. The second-order valence-corrected chi connectivity index (χ2v) is 10.9. The summed E-state index contributed by atoms with van der Waals surface area (Å²) in [5, 5.41) is 5.27. The maximum Gasteiger partial charge on any atom is 0.325 e. The zero-order valence-electron chi connectivity index (χ0n) is 20.4. The fourth-order valence-electron chi connectivity index (χ4n) is 6.08. The van der Waals surface area contributed by atoms with E-state index in [1.54, 1.807) is 17.5 Å². The van der Waals surface area contributed by atoms with Crippen molar-refractivity contribution in [3.05, 3.63) is 51.5 Å². The third kappa shape index (κ3) is 4.48. The first-order valence-corrected chi connectivity index (χ1v) is 13.8. The summed E-state index contributed by atoms with van der Waals surface area (Å²) in [6.45, 7) is 3.63. The highest BCUT2D eigenvalue weighted by Gasteiger charge is 2.55. The molecule has 186 valence electrons. The summed E-state index contributed by atoms with van der Waals surface area (Å²) in [6, 6.07) is 5.38. The van der Waals surface area contributed by atoms with E-state index in [4.69, 9.17) is 0 Å². The molecule has 1 aliphatic carbocycles. The normalized spacial score (nSPS) is 22.9. The van der Waals surface area contributed by atoms with Gasteiger partial charge in [-0.3, -0.25) is 19.5 Å². The number of hydrogen-bond donors (Lipinski definition) is 1. The minimum atomic E-state index is -0.868. The Labute approximate surface area is 210 Å². The van der Waals surface area contributed by atoms with Gasteiger partial charge in [0.2, 0.25) is 0 Å². The SMILES string of the molecule is CCCC1(C2CCN(C(=O)c3scc4c3CCCC4)CC2)NC(=O)N(CCc2ccccn2)C1=O. The molecule has 0 radical (unpaired) electrons. The van der Waals surface area contributed by atoms with Crippen LogP contribution in [0.2, 0.25) is 0 Å². The van der Waals surface area contributed by atoms with Crippen molar-refractivity contribution >= 4 is 29.2 Å². The molecular weight excluding hydrogens is 460 g/mol. The molecule has 8 heteroatoms. The number of aryl methyl sites for hydroxylation is 1. The Morgan fingerprint density at radius 3 is 2.74 bits per heavy atom. The molecule has 3 aliphatic rings. The van der Waals surface area contributed by atoms with Crippen LogP contribution in [0.3, 0.4) is 0 Å². The van der Waals surface area contributed by atoms with Crippen LogP contribution in [-0.2, 0) is 24.1 Å². The van der Waals surface area contributed by atoms with Crippen LogP contribution in [0, 0.1) is 5.92 Å². The van der Waals surface area contributed by atoms with E-state index in [2.05, 4.69) is 22.6 Å². The number of piperidine rings is 1. The molecule has 1 unspecified atom stereocenters. The molecule has 4 amide bonds. The number of aromatic nitrogens is 1. The molecule has 0 bridgehead atoms. The quantitative estimate of drug-likeness (QED) is 0.585. The molecule has 1 N–H and O–H groups in total. The molecule has 5 rings (SSSR count). The minimum Gasteiger partial charge on any atom is -0.338 e. The van der Waals surface area contributed by atoms with Gasteiger partial charge in [0, 0.05) is 37.9 Å². The van der Waals surface area contributed by atoms with Crippen LogP contribution in [0.25, 0.3) is 0 Å². The summed E-state index contributed by atoms with van der Waals surface area (Å²) < 4.78 is 0. The summed E-state index contributed by atoms with van der Waals surface area (Å²) in [7, 11) is 0. The second kappa shape index (κ2) is 10.1. The highest BCUT2D eigenvalue weighted by molar-refractivity contribution is 7.12. The Hall–Kier alpha value is -2.74. The van der Waals surface area contributed by atoms with Crippen molar-refractivity contribution in [1.82, 2.24) is 20.1 Å². The van der Waals surface area contributed by atoms with Crippen molar-refractivity contribution in [2.24, 2.45) is 5.92 Å². The predicted molar refractivity (Wildman–Crippen MR) is 135 cm³/mol. The number of carbonyl (C=O) groups is 3. The van der Waals surface area contributed by atoms with Gasteiger partial charge in [0.1, 0.15) is 5.54 Å². The molecule has 7 nitrogen and oxygen atoms in total. The molecule has 35 heavy (non-hydrogen) atoms. The maximum atomic E-state index is 13.7. The van der Waals surface area contributed by atoms with Crippen LogP contribution in [-0.4, -0.2) is 57.8 Å². The number of pyridine rings is 1. The minimum absolute atomic E-state index is 0.0278. The van der Waals surface area contributed by atoms with Crippen LogP contribution in [0.1, 0.15) is 71.9 Å². The fraction of sp³-hybridized carbons (Fsp3) is 0.556. The van der Waals surface area contributed by atoms with E-state index in [0.29, 0.717) is 32.5 Å². The third-order valence-corrected chi connectivity index (χ3v) is 9.00. The number of fused-ring (bicyclic) bond motifs is 1. The number of imide groups is 1. The molecule has 4 heterocycles. The lowest BCUT2D eigenvalue weighted by Crippen LogP contribution is -2.56. The highest BCUT2D eigenvalue weighted by atomic mass is 32.1. The molecule has 2 aliphatic heterocycles. The van der Waals surface area contributed by atoms with Gasteiger partial charge in [-0.25, -0.2) is 4.79 Å². The molecular formula is C27H34N4O3S. The van der Waals surface area contributed by atoms with Gasteiger partial charge in [-0.15, -0.1) is 11.3 Å². The van der Waals surface area contributed by atoms with E-state index < -0.39 is 5.54 Å². The van der Waals surface area contributed by atoms with Crippen molar-refractivity contribution in [3.8, 4) is 0 Å². The fourth-order valence-corrected chi connectivity index (χ4v) is 7.21. The van der Waals surface area contributed by atoms with Crippen molar-refractivity contribution in [1.29, 1.82) is 0 Å². The largest absolute Gasteiger partial charge is 0.338 e. The van der Waals surface area contributed by atoms with Crippen molar-refractivity contribution in [2.75, 3.05) is 19.6 Å². The van der Waals surface area contributed by atoms with E-state index >= 15 is 0 Å². The molecule has 0 aromatic carbocycles. The number of amides is 4. The number of thiophene rings is 1. The van der Waals surface area contributed by atoms with E-state index in [-0.39, 0.29) is 23.8 Å². The molecule has 2 fully saturated rings. The molecule has 1 atom stereocenters. The lowest BCUT2D eigenvalue weighted by Gasteiger charge is -2.41. The molecule has 2 aromatic rings. The Bertz CT molecular complexity index is 1090. The standard InChI is InChI=1S/C27H34N4O3S/c1-2-13-27(25(33)31(26(34)29-27)17-12-21-8-5-6-14-28-21)20-10-15-30(16-11-20)24(32)23-22-9-4-3-7-19(22)18-35-23/h5-6,8,14,18,20H,2-4,7,9-13,15-17H2,1H3,(H,29,34). The number of nitrogens with one attached hydrogen (secondary N) is 1. The average molecular weight is 495 g/mol. The lowest BCUT2D eigenvalue weighted by atomic mass is 9.74. The Morgan fingerprint density at radius 1 is 1.20 bits per heavy atom. The Balaban J connectivity index is 1.26. The van der Waals surface area contributed by atoms with Gasteiger partial charge in [0.15, 0.2) is 0 Å². The molecule has 2 saturated heterocycles. The Morgan fingerprint density at radius 2 is 2.00 bits per heavy atom. The molecule has 0 spiro atoms. The summed E-state index contributed by atoms with van der Waals surface area (Å²) in [5.41, 5.74) is 2.61. The third-order valence-electron chi connectivity index (χ3n) is 7.94. The van der Waals surface area contributed by atoms with Crippen LogP contribution in [0.4, 0.5) is 4.79 Å².